The van der Waals surface area contributed by atoms with Gasteiger partial charge in [-0.1, -0.05) is 37.3 Å². The Morgan fingerprint density at radius 3 is 2.32 bits per heavy atom. The number of carbonyl (C=O) groups excluding carboxylic acids is 3. The van der Waals surface area contributed by atoms with E-state index in [4.69, 9.17) is 34.0 Å². The highest BCUT2D eigenvalue weighted by molar-refractivity contribution is 7.22. The third kappa shape index (κ3) is 10.3. The van der Waals surface area contributed by atoms with Crippen molar-refractivity contribution in [2.75, 3.05) is 55.1 Å². The zero-order chi connectivity index (χ0) is 51.0. The molecular weight excluding hydrogens is 929 g/mol. The number of alkyl carbamates (subject to hydrolysis) is 1. The van der Waals surface area contributed by atoms with Crippen molar-refractivity contribution in [2.24, 2.45) is 16.2 Å². The number of fused-ring (bicyclic) bond motifs is 2. The largest absolute Gasteiger partial charge is 0.455 e. The van der Waals surface area contributed by atoms with Crippen molar-refractivity contribution in [3.63, 3.8) is 0 Å². The quantitative estimate of drug-likeness (QED) is 0.0849. The molecular formula is C56H72N8O7S. The van der Waals surface area contributed by atoms with E-state index in [-0.39, 0.29) is 39.5 Å². The van der Waals surface area contributed by atoms with Crippen LogP contribution in [0.4, 0.5) is 21.4 Å². The first-order valence-corrected chi connectivity index (χ1v) is 26.5. The fourth-order valence-corrected chi connectivity index (χ4v) is 14.8. The molecule has 3 atom stereocenters. The van der Waals surface area contributed by atoms with Gasteiger partial charge in [0, 0.05) is 67.9 Å². The Morgan fingerprint density at radius 2 is 1.60 bits per heavy atom. The Bertz CT molecular complexity index is 2860. The Kier molecular flexibility index (Phi) is 12.8. The molecule has 6 aliphatic rings. The fraction of sp³-hybridized carbons (Fsp3) is 0.571. The topological polar surface area (TPSA) is 162 Å². The van der Waals surface area contributed by atoms with Gasteiger partial charge in [-0.05, 0) is 164 Å². The summed E-state index contributed by atoms with van der Waals surface area (Å²) in [6.07, 6.45) is 9.48. The van der Waals surface area contributed by atoms with Gasteiger partial charge in [-0.3, -0.25) is 14.8 Å². The molecule has 2 aliphatic heterocycles. The van der Waals surface area contributed by atoms with Gasteiger partial charge in [-0.2, -0.15) is 5.10 Å². The van der Waals surface area contributed by atoms with Crippen LogP contribution in [0.1, 0.15) is 138 Å². The first-order chi connectivity index (χ1) is 34.0. The predicted octanol–water partition coefficient (Wildman–Crippen LogP) is 10.5. The third-order valence-corrected chi connectivity index (χ3v) is 16.3. The molecule has 4 aliphatic carbocycles. The number of esters is 1. The van der Waals surface area contributed by atoms with Crippen molar-refractivity contribution in [2.45, 2.75) is 150 Å². The van der Waals surface area contributed by atoms with Gasteiger partial charge < -0.3 is 34.1 Å². The molecule has 15 nitrogen and oxygen atoms in total. The van der Waals surface area contributed by atoms with Crippen molar-refractivity contribution in [1.82, 2.24) is 25.1 Å². The van der Waals surface area contributed by atoms with E-state index in [1.165, 1.54) is 17.8 Å². The number of amides is 2. The summed E-state index contributed by atoms with van der Waals surface area (Å²) in [7, 11) is 1.73. The predicted molar refractivity (Wildman–Crippen MR) is 281 cm³/mol. The Hall–Kier alpha value is -5.58. The van der Waals surface area contributed by atoms with E-state index in [0.29, 0.717) is 67.9 Å². The maximum absolute atomic E-state index is 14.6. The van der Waals surface area contributed by atoms with Crippen LogP contribution >= 0.6 is 11.3 Å². The van der Waals surface area contributed by atoms with Crippen molar-refractivity contribution < 1.29 is 33.3 Å². The number of para-hydroxylation sites is 1. The number of nitrogens with one attached hydrogen (secondary N) is 2. The molecule has 2 amide bonds. The number of aromatic nitrogens is 4. The summed E-state index contributed by atoms with van der Waals surface area (Å²) in [6, 6.07) is 15.8. The minimum Gasteiger partial charge on any atom is -0.455 e. The van der Waals surface area contributed by atoms with Crippen LogP contribution in [0.5, 0.6) is 0 Å². The van der Waals surface area contributed by atoms with E-state index in [1.807, 2.05) is 90.2 Å². The van der Waals surface area contributed by atoms with Gasteiger partial charge in [0.1, 0.15) is 17.0 Å². The molecule has 5 heterocycles. The molecule has 0 spiro atoms. The van der Waals surface area contributed by atoms with E-state index < -0.39 is 23.3 Å². The second kappa shape index (κ2) is 18.4. The second-order valence-corrected chi connectivity index (χ2v) is 25.4. The molecule has 1 saturated heterocycles. The number of pyridine rings is 1. The maximum Gasteiger partial charge on any atom is 0.407 e. The van der Waals surface area contributed by atoms with Gasteiger partial charge in [-0.25, -0.2) is 19.6 Å². The van der Waals surface area contributed by atoms with Gasteiger partial charge in [0.15, 0.2) is 10.8 Å². The SMILES string of the molecule is COCCOC12CC3(C)CC(C)(CC(Cn4ncc(-c5ccc(N6CCc7cc(N8CCC(NC(=O)OC(C)(C)C)C8)cc(C(=O)Nc8nc9ccccc9s8)c7C6)nc5C(=O)OC(C)(C)C)c4C)(C3)C1)C2. The van der Waals surface area contributed by atoms with Crippen LogP contribution in [0.15, 0.2) is 54.7 Å². The van der Waals surface area contributed by atoms with Crippen molar-refractivity contribution in [3.8, 4) is 11.1 Å². The molecule has 11 rings (SSSR count). The number of benzene rings is 2. The van der Waals surface area contributed by atoms with Crippen LogP contribution in [-0.2, 0) is 38.5 Å². The summed E-state index contributed by atoms with van der Waals surface area (Å²) >= 11 is 1.44. The molecule has 2 aromatic carbocycles. The molecule has 3 aromatic heterocycles. The van der Waals surface area contributed by atoms with Gasteiger partial charge in [-0.15, -0.1) is 0 Å². The van der Waals surface area contributed by atoms with Crippen LogP contribution in [0.25, 0.3) is 21.3 Å². The zero-order valence-electron chi connectivity index (χ0n) is 43.8. The number of carbonyl (C=O) groups is 3. The van der Waals surface area contributed by atoms with Crippen molar-refractivity contribution in [1.29, 1.82) is 0 Å². The summed E-state index contributed by atoms with van der Waals surface area (Å²) in [5, 5.41) is 11.7. The summed E-state index contributed by atoms with van der Waals surface area (Å²) in [4.78, 5) is 55.9. The molecule has 16 heteroatoms. The van der Waals surface area contributed by atoms with Gasteiger partial charge in [0.25, 0.3) is 5.91 Å². The van der Waals surface area contributed by atoms with Crippen LogP contribution in [0.3, 0.4) is 0 Å². The van der Waals surface area contributed by atoms with Crippen molar-refractivity contribution >= 4 is 56.2 Å². The molecule has 72 heavy (non-hydrogen) atoms. The molecule has 4 saturated carbocycles. The summed E-state index contributed by atoms with van der Waals surface area (Å²) in [6.45, 7) is 22.4. The first kappa shape index (κ1) is 50.0. The highest BCUT2D eigenvalue weighted by atomic mass is 32.1. The van der Waals surface area contributed by atoms with Crippen LogP contribution < -0.4 is 20.4 Å². The molecule has 0 radical (unpaired) electrons. The zero-order valence-corrected chi connectivity index (χ0v) is 44.6. The number of anilines is 3. The van der Waals surface area contributed by atoms with E-state index in [0.717, 1.165) is 83.4 Å². The van der Waals surface area contributed by atoms with Gasteiger partial charge in [0.2, 0.25) is 0 Å². The molecule has 5 fully saturated rings. The average molecular weight is 1000 g/mol. The van der Waals surface area contributed by atoms with Crippen LogP contribution in [-0.4, -0.2) is 101 Å². The number of hydrogen-bond donors (Lipinski definition) is 2. The number of thiazole rings is 1. The van der Waals surface area contributed by atoms with E-state index >= 15 is 0 Å². The lowest BCUT2D eigenvalue weighted by atomic mass is 9.39. The maximum atomic E-state index is 14.6. The number of hydrogen-bond acceptors (Lipinski definition) is 13. The number of methoxy groups -OCH3 is 1. The summed E-state index contributed by atoms with van der Waals surface area (Å²) in [5.74, 6) is -0.152. The molecule has 5 aromatic rings. The smallest absolute Gasteiger partial charge is 0.407 e. The molecule has 4 bridgehead atoms. The lowest BCUT2D eigenvalue weighted by molar-refractivity contribution is -0.250. The Balaban J connectivity index is 0.948. The lowest BCUT2D eigenvalue weighted by Gasteiger charge is -2.69. The highest BCUT2D eigenvalue weighted by Gasteiger charge is 2.66. The van der Waals surface area contributed by atoms with E-state index in [1.54, 1.807) is 7.11 Å². The monoisotopic (exact) mass is 1000 g/mol. The molecule has 2 N–H and O–H groups in total. The molecule has 3 unspecified atom stereocenters. The van der Waals surface area contributed by atoms with Gasteiger partial charge >= 0.3 is 12.1 Å². The minimum atomic E-state index is -0.758. The standard InChI is InChI=1S/C56H72N8O7S/c1-35-41(25-57-64(35)34-55-29-53(8)28-54(9,30-55)32-56(31-53,33-55)69-22-21-68-10)39-15-16-45(60-46(39)48(66)70-51(2,3)4)63-19-17-36-23-38(62-20-18-37(26-62)58-50(67)71-52(5,6)7)24-40(42(36)27-63)47(65)61-49-59-43-13-11-12-14-44(43)72-49/h11-16,23-25,37H,17-22,26-34H2,1-10H3,(H,58,67)(H,59,61,65). The Morgan fingerprint density at radius 1 is 0.847 bits per heavy atom. The number of ether oxygens (including phenoxy) is 4. The third-order valence-electron chi connectivity index (χ3n) is 15.4. The Labute approximate surface area is 427 Å². The average Bonchev–Trinajstić information content (AvgIpc) is 4.01. The summed E-state index contributed by atoms with van der Waals surface area (Å²) < 4.78 is 27.0. The normalized spacial score (nSPS) is 25.7. The van der Waals surface area contributed by atoms with Crippen molar-refractivity contribution in [3.05, 3.63) is 82.8 Å². The van der Waals surface area contributed by atoms with Crippen LogP contribution in [0.2, 0.25) is 0 Å². The lowest BCUT2D eigenvalue weighted by Crippen LogP contribution is -2.64. The molecule has 384 valence electrons. The van der Waals surface area contributed by atoms with Gasteiger partial charge in [0.05, 0.1) is 41.3 Å². The first-order valence-electron chi connectivity index (χ1n) is 25.7. The second-order valence-electron chi connectivity index (χ2n) is 24.4. The van der Waals surface area contributed by atoms with Crippen LogP contribution in [0, 0.1) is 23.2 Å². The minimum absolute atomic E-state index is 0.0286. The number of rotatable bonds is 13. The highest BCUT2D eigenvalue weighted by Crippen LogP contribution is 2.72. The number of nitrogens with zero attached hydrogens (tertiary/aromatic N) is 6. The summed E-state index contributed by atoms with van der Waals surface area (Å²) in [5.41, 5.74) is 5.83. The fourth-order valence-electron chi connectivity index (χ4n) is 13.9. The van der Waals surface area contributed by atoms with E-state index in [2.05, 4.69) is 52.0 Å². The van der Waals surface area contributed by atoms with E-state index in [9.17, 15) is 14.4 Å².